The van der Waals surface area contributed by atoms with E-state index in [1.165, 1.54) is 5.56 Å². The maximum atomic E-state index is 8.98. The summed E-state index contributed by atoms with van der Waals surface area (Å²) in [5, 5.41) is 8.98. The van der Waals surface area contributed by atoms with E-state index < -0.39 is 0 Å². The van der Waals surface area contributed by atoms with Gasteiger partial charge in [-0.15, -0.1) is 0 Å². The Hall–Kier alpha value is -0.340. The van der Waals surface area contributed by atoms with Crippen LogP contribution in [0.1, 0.15) is 24.5 Å². The van der Waals surface area contributed by atoms with Crippen LogP contribution in [0.4, 0.5) is 0 Å². The van der Waals surface area contributed by atoms with E-state index in [1.54, 1.807) is 0 Å². The Bertz CT molecular complexity index is 258. The van der Waals surface area contributed by atoms with Crippen molar-refractivity contribution in [3.63, 3.8) is 0 Å². The lowest BCUT2D eigenvalue weighted by atomic mass is 10.1. The van der Waals surface area contributed by atoms with Gasteiger partial charge in [0, 0.05) is 4.47 Å². The van der Waals surface area contributed by atoms with Gasteiger partial charge < -0.3 is 5.11 Å². The molecule has 0 fully saturated rings. The van der Waals surface area contributed by atoms with E-state index >= 15 is 0 Å². The third-order valence-corrected chi connectivity index (χ3v) is 2.87. The van der Waals surface area contributed by atoms with E-state index in [2.05, 4.69) is 28.9 Å². The molecule has 0 unspecified atom stereocenters. The van der Waals surface area contributed by atoms with Crippen LogP contribution in [-0.4, -0.2) is 5.11 Å². The Morgan fingerprint density at radius 3 is 2.58 bits per heavy atom. The van der Waals surface area contributed by atoms with E-state index in [4.69, 9.17) is 5.11 Å². The predicted molar refractivity (Wildman–Crippen MR) is 54.1 cm³/mol. The first-order valence-electron chi connectivity index (χ1n) is 4.16. The fraction of sp³-hybridized carbons (Fsp3) is 0.400. The number of rotatable bonds is 3. The summed E-state index contributed by atoms with van der Waals surface area (Å²) in [6, 6.07) is 6.01. The largest absolute Gasteiger partial charge is 0.392 e. The van der Waals surface area contributed by atoms with Crippen LogP contribution in [-0.2, 0) is 13.0 Å². The van der Waals surface area contributed by atoms with Gasteiger partial charge in [-0.2, -0.15) is 0 Å². The molecule has 0 radical (unpaired) electrons. The zero-order valence-electron chi connectivity index (χ0n) is 7.18. The fourth-order valence-electron chi connectivity index (χ4n) is 1.22. The van der Waals surface area contributed by atoms with Gasteiger partial charge in [0.25, 0.3) is 0 Å². The number of aliphatic hydroxyl groups excluding tert-OH is 1. The van der Waals surface area contributed by atoms with Gasteiger partial charge in [0.2, 0.25) is 0 Å². The third-order valence-electron chi connectivity index (χ3n) is 1.85. The highest BCUT2D eigenvalue weighted by Gasteiger charge is 2.02. The first-order chi connectivity index (χ1) is 5.79. The average molecular weight is 229 g/mol. The van der Waals surface area contributed by atoms with Crippen LogP contribution < -0.4 is 0 Å². The lowest BCUT2D eigenvalue weighted by Gasteiger charge is -2.06. The minimum Gasteiger partial charge on any atom is -0.392 e. The minimum absolute atomic E-state index is 0.109. The second-order valence-electron chi connectivity index (χ2n) is 2.80. The van der Waals surface area contributed by atoms with Gasteiger partial charge in [-0.05, 0) is 17.5 Å². The topological polar surface area (TPSA) is 20.2 Å². The van der Waals surface area contributed by atoms with Crippen molar-refractivity contribution in [3.8, 4) is 0 Å². The van der Waals surface area contributed by atoms with Crippen LogP contribution in [0.25, 0.3) is 0 Å². The van der Waals surface area contributed by atoms with E-state index in [0.717, 1.165) is 22.9 Å². The van der Waals surface area contributed by atoms with Gasteiger partial charge in [0.05, 0.1) is 6.61 Å². The molecule has 12 heavy (non-hydrogen) atoms. The molecule has 1 N–H and O–H groups in total. The molecule has 1 aromatic carbocycles. The van der Waals surface area contributed by atoms with Crippen molar-refractivity contribution in [2.75, 3.05) is 0 Å². The first-order valence-corrected chi connectivity index (χ1v) is 4.96. The zero-order chi connectivity index (χ0) is 8.97. The summed E-state index contributed by atoms with van der Waals surface area (Å²) in [5.41, 5.74) is 2.25. The Balaban J connectivity index is 2.97. The summed E-state index contributed by atoms with van der Waals surface area (Å²) in [6.07, 6.45) is 2.20. The van der Waals surface area contributed by atoms with Crippen LogP contribution in [0.15, 0.2) is 22.7 Å². The molecule has 0 aromatic heterocycles. The molecule has 1 aromatic rings. The Labute approximate surface area is 81.6 Å². The predicted octanol–water partition coefficient (Wildman–Crippen LogP) is 2.89. The lowest BCUT2D eigenvalue weighted by molar-refractivity contribution is 0.281. The fourth-order valence-corrected chi connectivity index (χ4v) is 1.81. The van der Waals surface area contributed by atoms with Gasteiger partial charge in [0.1, 0.15) is 0 Å². The molecule has 0 amide bonds. The van der Waals surface area contributed by atoms with Crippen LogP contribution in [0.3, 0.4) is 0 Å². The monoisotopic (exact) mass is 228 g/mol. The van der Waals surface area contributed by atoms with Gasteiger partial charge in [-0.25, -0.2) is 0 Å². The second-order valence-corrected chi connectivity index (χ2v) is 3.59. The van der Waals surface area contributed by atoms with Crippen molar-refractivity contribution in [1.82, 2.24) is 0 Å². The molecule has 1 nitrogen and oxygen atoms in total. The molecule has 2 heteroatoms. The quantitative estimate of drug-likeness (QED) is 0.844. The zero-order valence-corrected chi connectivity index (χ0v) is 8.76. The highest BCUT2D eigenvalue weighted by atomic mass is 79.9. The van der Waals surface area contributed by atoms with Crippen LogP contribution in [0.5, 0.6) is 0 Å². The maximum absolute atomic E-state index is 8.98. The highest BCUT2D eigenvalue weighted by Crippen LogP contribution is 2.22. The third kappa shape index (κ3) is 2.08. The Morgan fingerprint density at radius 1 is 1.33 bits per heavy atom. The van der Waals surface area contributed by atoms with Gasteiger partial charge in [-0.3, -0.25) is 0 Å². The molecule has 0 spiro atoms. The number of aryl methyl sites for hydroxylation is 1. The van der Waals surface area contributed by atoms with E-state index in [1.807, 2.05) is 12.1 Å². The van der Waals surface area contributed by atoms with E-state index in [9.17, 15) is 0 Å². The SMILES string of the molecule is CCCc1cccc(CO)c1Br. The molecule has 66 valence electrons. The van der Waals surface area contributed by atoms with Crippen molar-refractivity contribution >= 4 is 15.9 Å². The summed E-state index contributed by atoms with van der Waals surface area (Å²) in [6.45, 7) is 2.26. The summed E-state index contributed by atoms with van der Waals surface area (Å²) in [4.78, 5) is 0. The number of halogens is 1. The molecule has 0 aliphatic rings. The van der Waals surface area contributed by atoms with Crippen LogP contribution in [0.2, 0.25) is 0 Å². The molecular weight excluding hydrogens is 216 g/mol. The number of hydrogen-bond acceptors (Lipinski definition) is 1. The van der Waals surface area contributed by atoms with Crippen LogP contribution >= 0.6 is 15.9 Å². The number of hydrogen-bond donors (Lipinski definition) is 1. The Morgan fingerprint density at radius 2 is 2.00 bits per heavy atom. The average Bonchev–Trinajstić information content (AvgIpc) is 2.09. The minimum atomic E-state index is 0.109. The molecule has 0 atom stereocenters. The molecule has 1 rings (SSSR count). The number of aliphatic hydroxyl groups is 1. The number of benzene rings is 1. The molecule has 0 bridgehead atoms. The lowest BCUT2D eigenvalue weighted by Crippen LogP contribution is -1.91. The van der Waals surface area contributed by atoms with Crippen LogP contribution in [0, 0.1) is 0 Å². The van der Waals surface area contributed by atoms with Gasteiger partial charge in [0.15, 0.2) is 0 Å². The normalized spacial score (nSPS) is 10.2. The van der Waals surface area contributed by atoms with Crippen molar-refractivity contribution in [3.05, 3.63) is 33.8 Å². The molecule has 0 aliphatic heterocycles. The summed E-state index contributed by atoms with van der Waals surface area (Å²) >= 11 is 3.48. The smallest absolute Gasteiger partial charge is 0.0692 e. The second kappa shape index (κ2) is 4.63. The summed E-state index contributed by atoms with van der Waals surface area (Å²) in [5.74, 6) is 0. The van der Waals surface area contributed by atoms with Gasteiger partial charge >= 0.3 is 0 Å². The Kier molecular flexibility index (Phi) is 3.76. The maximum Gasteiger partial charge on any atom is 0.0692 e. The van der Waals surface area contributed by atoms with E-state index in [0.29, 0.717) is 0 Å². The molecular formula is C10H13BrO. The molecule has 0 heterocycles. The standard InChI is InChI=1S/C10H13BrO/c1-2-4-8-5-3-6-9(7-12)10(8)11/h3,5-6,12H,2,4,7H2,1H3. The highest BCUT2D eigenvalue weighted by molar-refractivity contribution is 9.10. The van der Waals surface area contributed by atoms with Crippen molar-refractivity contribution in [2.45, 2.75) is 26.4 Å². The van der Waals surface area contributed by atoms with Crippen molar-refractivity contribution in [2.24, 2.45) is 0 Å². The van der Waals surface area contributed by atoms with E-state index in [-0.39, 0.29) is 6.61 Å². The molecule has 0 saturated heterocycles. The summed E-state index contributed by atoms with van der Waals surface area (Å²) in [7, 11) is 0. The van der Waals surface area contributed by atoms with Crippen molar-refractivity contribution < 1.29 is 5.11 Å². The summed E-state index contributed by atoms with van der Waals surface area (Å²) < 4.78 is 1.06. The molecule has 0 saturated carbocycles. The van der Waals surface area contributed by atoms with Crippen molar-refractivity contribution in [1.29, 1.82) is 0 Å². The molecule has 0 aliphatic carbocycles. The van der Waals surface area contributed by atoms with Gasteiger partial charge in [-0.1, -0.05) is 47.5 Å². The first kappa shape index (κ1) is 9.75.